The van der Waals surface area contributed by atoms with Crippen molar-refractivity contribution in [2.45, 2.75) is 32.6 Å². The molecule has 0 aromatic heterocycles. The Morgan fingerprint density at radius 2 is 2.17 bits per heavy atom. The van der Waals surface area contributed by atoms with Crippen LogP contribution in [0.1, 0.15) is 32.6 Å². The van der Waals surface area contributed by atoms with Crippen molar-refractivity contribution in [3.05, 3.63) is 0 Å². The first-order valence-electron chi connectivity index (χ1n) is 4.35. The number of nitrogens with two attached hydrogens (primary N) is 1. The van der Waals surface area contributed by atoms with Crippen LogP contribution in [0, 0.1) is 0 Å². The van der Waals surface area contributed by atoms with Crippen LogP contribution in [-0.2, 0) is 0 Å². The summed E-state index contributed by atoms with van der Waals surface area (Å²) in [5.74, 6) is 2.77. The molecule has 12 heavy (non-hydrogen) atoms. The lowest BCUT2D eigenvalue weighted by Gasteiger charge is -1.99. The van der Waals surface area contributed by atoms with Gasteiger partial charge in [-0.3, -0.25) is 0 Å². The van der Waals surface area contributed by atoms with Crippen LogP contribution in [0.3, 0.4) is 0 Å². The van der Waals surface area contributed by atoms with Crippen molar-refractivity contribution < 1.29 is 5.21 Å². The van der Waals surface area contributed by atoms with Crippen molar-refractivity contribution >= 4 is 17.6 Å². The molecule has 0 unspecified atom stereocenters. The zero-order chi connectivity index (χ0) is 9.23. The molecule has 0 aliphatic carbocycles. The monoisotopic (exact) mass is 190 g/mol. The van der Waals surface area contributed by atoms with Gasteiger partial charge in [-0.1, -0.05) is 12.1 Å². The molecule has 0 saturated carbocycles. The van der Waals surface area contributed by atoms with Gasteiger partial charge in [0, 0.05) is 6.42 Å². The van der Waals surface area contributed by atoms with Crippen LogP contribution in [-0.4, -0.2) is 22.5 Å². The molecule has 0 radical (unpaired) electrons. The first-order chi connectivity index (χ1) is 5.81. The summed E-state index contributed by atoms with van der Waals surface area (Å²) in [5, 5.41) is 11.1. The number of thioether (sulfide) groups is 1. The molecule has 3 nitrogen and oxygen atoms in total. The van der Waals surface area contributed by atoms with Crippen LogP contribution in [0.5, 0.6) is 0 Å². The second kappa shape index (κ2) is 8.71. The Hall–Kier alpha value is -0.380. The standard InChI is InChI=1S/C8H18N2OS/c1-2-6-12-7-4-3-5-8(9)10-11/h11H,2-7H2,1H3,(H2,9,10). The number of nitrogens with zero attached hydrogens (tertiary/aromatic N) is 1. The van der Waals surface area contributed by atoms with E-state index in [0.717, 1.165) is 12.8 Å². The minimum Gasteiger partial charge on any atom is -0.409 e. The van der Waals surface area contributed by atoms with Gasteiger partial charge in [0.1, 0.15) is 5.84 Å². The summed E-state index contributed by atoms with van der Waals surface area (Å²) in [6.45, 7) is 2.18. The fourth-order valence-electron chi connectivity index (χ4n) is 0.807. The molecule has 0 aromatic carbocycles. The maximum absolute atomic E-state index is 8.23. The molecule has 0 fully saturated rings. The van der Waals surface area contributed by atoms with E-state index in [-0.39, 0.29) is 0 Å². The SMILES string of the molecule is CCCSCCCC/C(N)=N/O. The highest BCUT2D eigenvalue weighted by molar-refractivity contribution is 7.99. The van der Waals surface area contributed by atoms with E-state index < -0.39 is 0 Å². The van der Waals surface area contributed by atoms with Gasteiger partial charge in [-0.2, -0.15) is 11.8 Å². The minimum atomic E-state index is 0.343. The van der Waals surface area contributed by atoms with E-state index >= 15 is 0 Å². The number of rotatable bonds is 7. The Balaban J connectivity index is 3.00. The third kappa shape index (κ3) is 7.72. The first kappa shape index (κ1) is 11.6. The highest BCUT2D eigenvalue weighted by atomic mass is 32.2. The van der Waals surface area contributed by atoms with E-state index in [1.165, 1.54) is 17.9 Å². The van der Waals surface area contributed by atoms with Crippen molar-refractivity contribution in [3.8, 4) is 0 Å². The van der Waals surface area contributed by atoms with Gasteiger partial charge in [-0.25, -0.2) is 0 Å². The normalized spacial score (nSPS) is 11.9. The molecule has 0 rings (SSSR count). The Bertz CT molecular complexity index is 128. The zero-order valence-electron chi connectivity index (χ0n) is 7.62. The highest BCUT2D eigenvalue weighted by Crippen LogP contribution is 2.06. The average Bonchev–Trinajstić information content (AvgIpc) is 2.10. The molecule has 0 bridgehead atoms. The summed E-state index contributed by atoms with van der Waals surface area (Å²) >= 11 is 1.97. The molecule has 0 amide bonds. The molecule has 0 aliphatic heterocycles. The fourth-order valence-corrected chi connectivity index (χ4v) is 1.71. The van der Waals surface area contributed by atoms with Gasteiger partial charge in [0.15, 0.2) is 0 Å². The number of hydrogen-bond donors (Lipinski definition) is 2. The largest absolute Gasteiger partial charge is 0.409 e. The summed E-state index contributed by atoms with van der Waals surface area (Å²) in [5.41, 5.74) is 5.31. The molecule has 0 saturated heterocycles. The van der Waals surface area contributed by atoms with Crippen molar-refractivity contribution in [3.63, 3.8) is 0 Å². The smallest absolute Gasteiger partial charge is 0.139 e. The summed E-state index contributed by atoms with van der Waals surface area (Å²) in [6, 6.07) is 0. The quantitative estimate of drug-likeness (QED) is 0.212. The van der Waals surface area contributed by atoms with E-state index in [9.17, 15) is 0 Å². The van der Waals surface area contributed by atoms with E-state index in [0.29, 0.717) is 12.3 Å². The molecular formula is C8H18N2OS. The number of hydrogen-bond acceptors (Lipinski definition) is 3. The van der Waals surface area contributed by atoms with Gasteiger partial charge in [0.2, 0.25) is 0 Å². The molecule has 72 valence electrons. The Morgan fingerprint density at radius 3 is 2.75 bits per heavy atom. The molecule has 0 aliphatic rings. The molecular weight excluding hydrogens is 172 g/mol. The van der Waals surface area contributed by atoms with E-state index in [2.05, 4.69) is 12.1 Å². The molecule has 0 aromatic rings. The van der Waals surface area contributed by atoms with Gasteiger partial charge < -0.3 is 10.9 Å². The molecule has 3 N–H and O–H groups in total. The summed E-state index contributed by atoms with van der Waals surface area (Å²) in [4.78, 5) is 0. The van der Waals surface area contributed by atoms with Gasteiger partial charge in [0.25, 0.3) is 0 Å². The second-order valence-electron chi connectivity index (χ2n) is 2.66. The van der Waals surface area contributed by atoms with Gasteiger partial charge >= 0.3 is 0 Å². The second-order valence-corrected chi connectivity index (χ2v) is 3.89. The van der Waals surface area contributed by atoms with Crippen LogP contribution < -0.4 is 5.73 Å². The lowest BCUT2D eigenvalue weighted by molar-refractivity contribution is 0.316. The number of amidine groups is 1. The van der Waals surface area contributed by atoms with Gasteiger partial charge in [-0.05, 0) is 30.8 Å². The van der Waals surface area contributed by atoms with E-state index in [1.54, 1.807) is 0 Å². The van der Waals surface area contributed by atoms with E-state index in [4.69, 9.17) is 10.9 Å². The van der Waals surface area contributed by atoms with Crippen LogP contribution in [0.2, 0.25) is 0 Å². The van der Waals surface area contributed by atoms with Crippen LogP contribution in [0.25, 0.3) is 0 Å². The predicted octanol–water partition coefficient (Wildman–Crippen LogP) is 2.05. The molecule has 0 spiro atoms. The average molecular weight is 190 g/mol. The maximum Gasteiger partial charge on any atom is 0.139 e. The van der Waals surface area contributed by atoms with Crippen LogP contribution >= 0.6 is 11.8 Å². The predicted molar refractivity (Wildman–Crippen MR) is 54.9 cm³/mol. The van der Waals surface area contributed by atoms with Gasteiger partial charge in [-0.15, -0.1) is 0 Å². The van der Waals surface area contributed by atoms with Crippen LogP contribution in [0.4, 0.5) is 0 Å². The topological polar surface area (TPSA) is 58.6 Å². The molecule has 0 heterocycles. The summed E-state index contributed by atoms with van der Waals surface area (Å²) < 4.78 is 0. The van der Waals surface area contributed by atoms with Crippen molar-refractivity contribution in [2.75, 3.05) is 11.5 Å². The minimum absolute atomic E-state index is 0.343. The van der Waals surface area contributed by atoms with Gasteiger partial charge in [0.05, 0.1) is 0 Å². The lowest BCUT2D eigenvalue weighted by Crippen LogP contribution is -2.10. The van der Waals surface area contributed by atoms with Crippen molar-refractivity contribution in [1.29, 1.82) is 0 Å². The zero-order valence-corrected chi connectivity index (χ0v) is 8.44. The third-order valence-corrected chi connectivity index (χ3v) is 2.72. The number of oxime groups is 1. The van der Waals surface area contributed by atoms with Crippen molar-refractivity contribution in [1.82, 2.24) is 0 Å². The maximum atomic E-state index is 8.23. The number of unbranched alkanes of at least 4 members (excludes halogenated alkanes) is 1. The lowest BCUT2D eigenvalue weighted by atomic mass is 10.2. The summed E-state index contributed by atoms with van der Waals surface area (Å²) in [7, 11) is 0. The molecule has 0 atom stereocenters. The van der Waals surface area contributed by atoms with E-state index in [1.807, 2.05) is 11.8 Å². The Labute approximate surface area is 78.4 Å². The van der Waals surface area contributed by atoms with Crippen LogP contribution in [0.15, 0.2) is 5.16 Å². The van der Waals surface area contributed by atoms with Crippen molar-refractivity contribution in [2.24, 2.45) is 10.9 Å². The fraction of sp³-hybridized carbons (Fsp3) is 0.875. The first-order valence-corrected chi connectivity index (χ1v) is 5.50. The highest BCUT2D eigenvalue weighted by Gasteiger charge is 1.93. The molecule has 4 heteroatoms. The Kier molecular flexibility index (Phi) is 8.44. The Morgan fingerprint density at radius 1 is 1.42 bits per heavy atom. The summed E-state index contributed by atoms with van der Waals surface area (Å²) in [6.07, 6.45) is 4.13. The third-order valence-electron chi connectivity index (χ3n) is 1.45.